The molecule has 0 aliphatic carbocycles. The minimum absolute atomic E-state index is 0.0458. The van der Waals surface area contributed by atoms with Crippen molar-refractivity contribution in [2.24, 2.45) is 0 Å². The van der Waals surface area contributed by atoms with Crippen LogP contribution in [0.5, 0.6) is 0 Å². The summed E-state index contributed by atoms with van der Waals surface area (Å²) >= 11 is 8.58. The van der Waals surface area contributed by atoms with E-state index in [0.717, 1.165) is 0 Å². The molecule has 0 aromatic heterocycles. The van der Waals surface area contributed by atoms with Gasteiger partial charge in [-0.1, -0.05) is 22.0 Å². The molecule has 0 N–H and O–H groups in total. The highest BCUT2D eigenvalue weighted by atomic mass is 79.9. The van der Waals surface area contributed by atoms with Gasteiger partial charge >= 0.3 is 6.18 Å². The molecule has 1 rings (SSSR count). The van der Waals surface area contributed by atoms with Crippen LogP contribution in [0.4, 0.5) is 13.2 Å². The summed E-state index contributed by atoms with van der Waals surface area (Å²) in [6, 6.07) is 6.21. The van der Waals surface area contributed by atoms with Gasteiger partial charge < -0.3 is 4.90 Å². The van der Waals surface area contributed by atoms with E-state index in [4.69, 9.17) is 11.6 Å². The molecular formula is C11H10BrClF3NO. The summed E-state index contributed by atoms with van der Waals surface area (Å²) in [5.74, 6) is -0.732. The van der Waals surface area contributed by atoms with E-state index < -0.39 is 18.6 Å². The van der Waals surface area contributed by atoms with E-state index in [-0.39, 0.29) is 18.0 Å². The molecular weight excluding hydrogens is 334 g/mol. The zero-order valence-corrected chi connectivity index (χ0v) is 11.5. The van der Waals surface area contributed by atoms with Crippen molar-refractivity contribution in [3.8, 4) is 0 Å². The van der Waals surface area contributed by atoms with Crippen molar-refractivity contribution >= 4 is 33.4 Å². The molecule has 0 fully saturated rings. The summed E-state index contributed by atoms with van der Waals surface area (Å²) in [6.07, 6.45) is -4.44. The van der Waals surface area contributed by atoms with Gasteiger partial charge in [-0.15, -0.1) is 11.6 Å². The largest absolute Gasteiger partial charge is 0.406 e. The molecule has 100 valence electrons. The van der Waals surface area contributed by atoms with Crippen molar-refractivity contribution in [1.29, 1.82) is 0 Å². The average Bonchev–Trinajstić information content (AvgIpc) is 2.26. The first-order valence-corrected chi connectivity index (χ1v) is 6.34. The van der Waals surface area contributed by atoms with Crippen LogP contribution < -0.4 is 0 Å². The summed E-state index contributed by atoms with van der Waals surface area (Å²) in [7, 11) is 0. The number of hydrogen-bond donors (Lipinski definition) is 0. The van der Waals surface area contributed by atoms with Gasteiger partial charge in [-0.25, -0.2) is 0 Å². The molecule has 0 radical (unpaired) electrons. The lowest BCUT2D eigenvalue weighted by atomic mass is 10.2. The Morgan fingerprint density at radius 1 is 1.39 bits per heavy atom. The molecule has 18 heavy (non-hydrogen) atoms. The second-order valence-corrected chi connectivity index (χ2v) is 4.83. The number of nitrogens with zero attached hydrogens (tertiary/aromatic N) is 1. The predicted octanol–water partition coefficient (Wildman–Crippen LogP) is 3.69. The summed E-state index contributed by atoms with van der Waals surface area (Å²) in [5, 5.41) is 0. The van der Waals surface area contributed by atoms with Gasteiger partial charge in [-0.2, -0.15) is 13.2 Å². The normalized spacial score (nSPS) is 11.4. The Balaban J connectivity index is 2.89. The van der Waals surface area contributed by atoms with Crippen LogP contribution >= 0.6 is 27.5 Å². The number of amides is 1. The van der Waals surface area contributed by atoms with Crippen molar-refractivity contribution in [2.45, 2.75) is 6.18 Å². The number of carbonyl (C=O) groups is 1. The van der Waals surface area contributed by atoms with Crippen LogP contribution in [-0.2, 0) is 0 Å². The molecule has 2 nitrogen and oxygen atoms in total. The molecule has 1 aromatic carbocycles. The third-order valence-electron chi connectivity index (χ3n) is 2.08. The lowest BCUT2D eigenvalue weighted by Gasteiger charge is -2.23. The van der Waals surface area contributed by atoms with Crippen LogP contribution in [0.1, 0.15) is 10.4 Å². The Labute approximate surface area is 116 Å². The maximum atomic E-state index is 12.3. The van der Waals surface area contributed by atoms with Crippen LogP contribution in [0.25, 0.3) is 0 Å². The highest BCUT2D eigenvalue weighted by Gasteiger charge is 2.33. The molecule has 0 unspecified atom stereocenters. The van der Waals surface area contributed by atoms with Crippen LogP contribution in [0.15, 0.2) is 28.7 Å². The van der Waals surface area contributed by atoms with E-state index in [9.17, 15) is 18.0 Å². The van der Waals surface area contributed by atoms with Crippen LogP contribution in [0, 0.1) is 0 Å². The van der Waals surface area contributed by atoms with Crippen molar-refractivity contribution in [2.75, 3.05) is 19.0 Å². The molecule has 7 heteroatoms. The second kappa shape index (κ2) is 6.43. The molecule has 0 heterocycles. The fourth-order valence-electron chi connectivity index (χ4n) is 1.37. The van der Waals surface area contributed by atoms with E-state index in [1.807, 2.05) is 0 Å². The summed E-state index contributed by atoms with van der Waals surface area (Å²) in [5.41, 5.74) is 0.193. The molecule has 0 atom stereocenters. The fraction of sp³-hybridized carbons (Fsp3) is 0.364. The van der Waals surface area contributed by atoms with Crippen molar-refractivity contribution in [3.63, 3.8) is 0 Å². The molecule has 1 amide bonds. The van der Waals surface area contributed by atoms with Crippen molar-refractivity contribution in [3.05, 3.63) is 34.3 Å². The summed E-state index contributed by atoms with van der Waals surface area (Å²) in [4.78, 5) is 12.6. The van der Waals surface area contributed by atoms with Gasteiger partial charge in [0.05, 0.1) is 0 Å². The van der Waals surface area contributed by atoms with Crippen LogP contribution in [0.2, 0.25) is 0 Å². The molecule has 1 aromatic rings. The number of carbonyl (C=O) groups excluding carboxylic acids is 1. The molecule has 0 bridgehead atoms. The minimum Gasteiger partial charge on any atom is -0.328 e. The minimum atomic E-state index is -4.44. The highest BCUT2D eigenvalue weighted by Crippen LogP contribution is 2.19. The van der Waals surface area contributed by atoms with Gasteiger partial charge in [0.15, 0.2) is 0 Å². The number of alkyl halides is 4. The van der Waals surface area contributed by atoms with Gasteiger partial charge in [0.25, 0.3) is 5.91 Å². The topological polar surface area (TPSA) is 20.3 Å². The second-order valence-electron chi connectivity index (χ2n) is 3.54. The molecule has 0 aliphatic rings. The van der Waals surface area contributed by atoms with Gasteiger partial charge in [-0.3, -0.25) is 4.79 Å². The number of benzene rings is 1. The molecule has 0 spiro atoms. The van der Waals surface area contributed by atoms with Crippen molar-refractivity contribution < 1.29 is 18.0 Å². The highest BCUT2D eigenvalue weighted by molar-refractivity contribution is 9.10. The Kier molecular flexibility index (Phi) is 5.47. The maximum Gasteiger partial charge on any atom is 0.406 e. The molecule has 0 aliphatic heterocycles. The Morgan fingerprint density at radius 2 is 2.06 bits per heavy atom. The van der Waals surface area contributed by atoms with E-state index in [1.165, 1.54) is 12.1 Å². The lowest BCUT2D eigenvalue weighted by molar-refractivity contribution is -0.140. The van der Waals surface area contributed by atoms with Crippen molar-refractivity contribution in [1.82, 2.24) is 4.90 Å². The molecule has 0 saturated heterocycles. The maximum absolute atomic E-state index is 12.3. The zero-order valence-electron chi connectivity index (χ0n) is 9.18. The summed E-state index contributed by atoms with van der Waals surface area (Å²) < 4.78 is 37.6. The first-order chi connectivity index (χ1) is 8.33. The first-order valence-electron chi connectivity index (χ1n) is 5.01. The average molecular weight is 345 g/mol. The lowest BCUT2D eigenvalue weighted by Crippen LogP contribution is -2.40. The van der Waals surface area contributed by atoms with E-state index in [0.29, 0.717) is 9.37 Å². The van der Waals surface area contributed by atoms with Gasteiger partial charge in [-0.05, 0) is 18.2 Å². The third kappa shape index (κ3) is 4.86. The smallest absolute Gasteiger partial charge is 0.328 e. The number of halogens is 5. The monoisotopic (exact) mass is 343 g/mol. The SMILES string of the molecule is O=C(c1cccc(Br)c1)N(CCCl)CC(F)(F)F. The Bertz CT molecular complexity index is 425. The van der Waals surface area contributed by atoms with Gasteiger partial charge in [0, 0.05) is 22.5 Å². The number of rotatable bonds is 4. The Morgan fingerprint density at radius 3 is 2.56 bits per heavy atom. The first kappa shape index (κ1) is 15.3. The van der Waals surface area contributed by atoms with E-state index >= 15 is 0 Å². The standard InChI is InChI=1S/C11H10BrClF3NO/c12-9-3-1-2-8(6-9)10(18)17(5-4-13)7-11(14,15)16/h1-3,6H,4-5,7H2. The van der Waals surface area contributed by atoms with E-state index in [1.54, 1.807) is 12.1 Å². The zero-order chi connectivity index (χ0) is 13.8. The van der Waals surface area contributed by atoms with Gasteiger partial charge in [0.1, 0.15) is 6.54 Å². The quantitative estimate of drug-likeness (QED) is 0.763. The fourth-order valence-corrected chi connectivity index (χ4v) is 1.98. The van der Waals surface area contributed by atoms with Crippen LogP contribution in [-0.4, -0.2) is 36.0 Å². The molecule has 0 saturated carbocycles. The summed E-state index contributed by atoms with van der Waals surface area (Å²) in [6.45, 7) is -1.45. The Hall–Kier alpha value is -0.750. The van der Waals surface area contributed by atoms with E-state index in [2.05, 4.69) is 15.9 Å². The third-order valence-corrected chi connectivity index (χ3v) is 2.75. The number of hydrogen-bond acceptors (Lipinski definition) is 1. The predicted molar refractivity (Wildman–Crippen MR) is 66.8 cm³/mol. The van der Waals surface area contributed by atoms with Gasteiger partial charge in [0.2, 0.25) is 0 Å². The van der Waals surface area contributed by atoms with Crippen LogP contribution in [0.3, 0.4) is 0 Å².